The van der Waals surface area contributed by atoms with E-state index in [1.54, 1.807) is 19.5 Å². The molecule has 0 bridgehead atoms. The van der Waals surface area contributed by atoms with Crippen LogP contribution in [0.5, 0.6) is 5.75 Å². The zero-order chi connectivity index (χ0) is 16.3. The number of amides is 1. The molecule has 2 saturated heterocycles. The molecule has 0 aromatic carbocycles. The maximum absolute atomic E-state index is 12.7. The summed E-state index contributed by atoms with van der Waals surface area (Å²) in [5.41, 5.74) is 0.106. The summed E-state index contributed by atoms with van der Waals surface area (Å²) in [4.78, 5) is 25.4. The topological polar surface area (TPSA) is 58.6 Å². The number of rotatable bonds is 4. The Kier molecular flexibility index (Phi) is 4.61. The molecular weight excluding hydrogens is 292 g/mol. The molecule has 0 aliphatic carbocycles. The molecule has 0 N–H and O–H groups in total. The maximum atomic E-state index is 12.7. The van der Waals surface area contributed by atoms with Gasteiger partial charge in [-0.2, -0.15) is 0 Å². The van der Waals surface area contributed by atoms with Gasteiger partial charge in [-0.05, 0) is 32.2 Å². The Morgan fingerprint density at radius 2 is 2.04 bits per heavy atom. The number of hydrogen-bond donors (Lipinski definition) is 0. The second-order valence-corrected chi connectivity index (χ2v) is 6.34. The van der Waals surface area contributed by atoms with E-state index in [1.807, 2.05) is 11.0 Å². The Balaban J connectivity index is 1.74. The van der Waals surface area contributed by atoms with Crippen LogP contribution < -0.4 is 4.74 Å². The minimum Gasteiger partial charge on any atom is -0.494 e. The first-order valence-electron chi connectivity index (χ1n) is 8.20. The monoisotopic (exact) mass is 316 g/mol. The third kappa shape index (κ3) is 3.08. The van der Waals surface area contributed by atoms with Crippen LogP contribution in [0.25, 0.3) is 0 Å². The minimum atomic E-state index is -0.0859. The van der Waals surface area contributed by atoms with Crippen molar-refractivity contribution in [3.63, 3.8) is 0 Å². The predicted molar refractivity (Wildman–Crippen MR) is 87.5 cm³/mol. The molecule has 1 aromatic rings. The number of piperidine rings is 1. The SMILES string of the molecule is C=CCN1CCCC12CCCN(C(=O)c1ncc(OC)cn1)C2. The minimum absolute atomic E-state index is 0.0859. The molecule has 1 spiro atoms. The van der Waals surface area contributed by atoms with E-state index in [0.29, 0.717) is 5.75 Å². The largest absolute Gasteiger partial charge is 0.494 e. The predicted octanol–water partition coefficient (Wildman–Crippen LogP) is 1.74. The highest BCUT2D eigenvalue weighted by Gasteiger charge is 2.44. The van der Waals surface area contributed by atoms with Crippen molar-refractivity contribution in [2.75, 3.05) is 33.3 Å². The summed E-state index contributed by atoms with van der Waals surface area (Å²) in [7, 11) is 1.56. The lowest BCUT2D eigenvalue weighted by Crippen LogP contribution is -2.57. The Morgan fingerprint density at radius 3 is 2.70 bits per heavy atom. The Morgan fingerprint density at radius 1 is 1.35 bits per heavy atom. The van der Waals surface area contributed by atoms with E-state index in [2.05, 4.69) is 21.4 Å². The van der Waals surface area contributed by atoms with Gasteiger partial charge in [0.05, 0.1) is 19.5 Å². The van der Waals surface area contributed by atoms with Crippen LogP contribution in [0.1, 0.15) is 36.3 Å². The van der Waals surface area contributed by atoms with E-state index in [4.69, 9.17) is 4.74 Å². The highest BCUT2D eigenvalue weighted by molar-refractivity contribution is 5.90. The van der Waals surface area contributed by atoms with Crippen LogP contribution in [0.4, 0.5) is 0 Å². The number of ether oxygens (including phenoxy) is 1. The average molecular weight is 316 g/mol. The van der Waals surface area contributed by atoms with E-state index in [-0.39, 0.29) is 17.3 Å². The molecule has 6 nitrogen and oxygen atoms in total. The number of methoxy groups -OCH3 is 1. The van der Waals surface area contributed by atoms with Crippen molar-refractivity contribution in [1.82, 2.24) is 19.8 Å². The second kappa shape index (κ2) is 6.66. The van der Waals surface area contributed by atoms with Gasteiger partial charge in [0.1, 0.15) is 0 Å². The molecule has 0 radical (unpaired) electrons. The Labute approximate surface area is 137 Å². The van der Waals surface area contributed by atoms with Gasteiger partial charge < -0.3 is 9.64 Å². The summed E-state index contributed by atoms with van der Waals surface area (Å²) in [6.45, 7) is 7.38. The van der Waals surface area contributed by atoms with Gasteiger partial charge in [-0.15, -0.1) is 6.58 Å². The quantitative estimate of drug-likeness (QED) is 0.792. The molecule has 3 heterocycles. The van der Waals surface area contributed by atoms with Crippen LogP contribution in [0.15, 0.2) is 25.0 Å². The van der Waals surface area contributed by atoms with Gasteiger partial charge in [0.2, 0.25) is 5.82 Å². The smallest absolute Gasteiger partial charge is 0.291 e. The summed E-state index contributed by atoms with van der Waals surface area (Å²) in [6, 6.07) is 0. The number of nitrogens with zero attached hydrogens (tertiary/aromatic N) is 4. The maximum Gasteiger partial charge on any atom is 0.291 e. The third-order valence-corrected chi connectivity index (χ3v) is 4.99. The first-order chi connectivity index (χ1) is 11.2. The Bertz CT molecular complexity index is 574. The molecule has 0 saturated carbocycles. The van der Waals surface area contributed by atoms with Crippen LogP contribution >= 0.6 is 0 Å². The fraction of sp³-hybridized carbons (Fsp3) is 0.588. The van der Waals surface area contributed by atoms with Crippen molar-refractivity contribution in [3.05, 3.63) is 30.9 Å². The summed E-state index contributed by atoms with van der Waals surface area (Å²) < 4.78 is 5.05. The summed E-state index contributed by atoms with van der Waals surface area (Å²) in [5, 5.41) is 0. The lowest BCUT2D eigenvalue weighted by atomic mass is 9.86. The van der Waals surface area contributed by atoms with Gasteiger partial charge in [-0.3, -0.25) is 9.69 Å². The van der Waals surface area contributed by atoms with Crippen LogP contribution in [0, 0.1) is 0 Å². The molecule has 6 heteroatoms. The number of carbonyl (C=O) groups is 1. The van der Waals surface area contributed by atoms with Crippen molar-refractivity contribution >= 4 is 5.91 Å². The van der Waals surface area contributed by atoms with Crippen molar-refractivity contribution in [2.45, 2.75) is 31.2 Å². The molecular formula is C17H24N4O2. The highest BCUT2D eigenvalue weighted by atomic mass is 16.5. The number of carbonyl (C=O) groups excluding carboxylic acids is 1. The van der Waals surface area contributed by atoms with Crippen LogP contribution in [-0.2, 0) is 0 Å². The normalized spacial score (nSPS) is 24.8. The van der Waals surface area contributed by atoms with E-state index in [0.717, 1.165) is 45.4 Å². The zero-order valence-electron chi connectivity index (χ0n) is 13.7. The van der Waals surface area contributed by atoms with E-state index in [1.165, 1.54) is 6.42 Å². The lowest BCUT2D eigenvalue weighted by molar-refractivity contribution is 0.0358. The first-order valence-corrected chi connectivity index (χ1v) is 8.20. The van der Waals surface area contributed by atoms with Crippen LogP contribution in [0.2, 0.25) is 0 Å². The van der Waals surface area contributed by atoms with Gasteiger partial charge in [0, 0.05) is 25.2 Å². The van der Waals surface area contributed by atoms with Gasteiger partial charge in [0.25, 0.3) is 5.91 Å². The van der Waals surface area contributed by atoms with Crippen molar-refractivity contribution < 1.29 is 9.53 Å². The molecule has 1 aromatic heterocycles. The number of likely N-dealkylation sites (tertiary alicyclic amines) is 2. The first kappa shape index (κ1) is 15.9. The van der Waals surface area contributed by atoms with Gasteiger partial charge in [0.15, 0.2) is 5.75 Å². The standard InChI is InChI=1S/C17H24N4O2/c1-3-8-21-10-5-7-17(21)6-4-9-20(13-17)16(22)15-18-11-14(23-2)12-19-15/h3,11-12H,1,4-10,13H2,2H3. The average Bonchev–Trinajstić information content (AvgIpc) is 2.96. The molecule has 2 fully saturated rings. The summed E-state index contributed by atoms with van der Waals surface area (Å²) in [6.07, 6.45) is 9.55. The molecule has 23 heavy (non-hydrogen) atoms. The molecule has 1 amide bonds. The van der Waals surface area contributed by atoms with E-state index < -0.39 is 0 Å². The fourth-order valence-electron chi connectivity index (χ4n) is 3.86. The molecule has 124 valence electrons. The van der Waals surface area contributed by atoms with E-state index in [9.17, 15) is 4.79 Å². The summed E-state index contributed by atoms with van der Waals surface area (Å²) >= 11 is 0. The summed E-state index contributed by atoms with van der Waals surface area (Å²) in [5.74, 6) is 0.720. The second-order valence-electron chi connectivity index (χ2n) is 6.34. The zero-order valence-corrected chi connectivity index (χ0v) is 13.7. The van der Waals surface area contributed by atoms with Crippen LogP contribution in [-0.4, -0.2) is 64.5 Å². The lowest BCUT2D eigenvalue weighted by Gasteiger charge is -2.45. The van der Waals surface area contributed by atoms with Gasteiger partial charge >= 0.3 is 0 Å². The molecule has 3 rings (SSSR count). The van der Waals surface area contributed by atoms with E-state index >= 15 is 0 Å². The van der Waals surface area contributed by atoms with Gasteiger partial charge in [-0.25, -0.2) is 9.97 Å². The number of aromatic nitrogens is 2. The fourth-order valence-corrected chi connectivity index (χ4v) is 3.86. The molecule has 2 aliphatic heterocycles. The molecule has 2 aliphatic rings. The van der Waals surface area contributed by atoms with Crippen molar-refractivity contribution in [1.29, 1.82) is 0 Å². The van der Waals surface area contributed by atoms with Crippen LogP contribution in [0.3, 0.4) is 0 Å². The number of hydrogen-bond acceptors (Lipinski definition) is 5. The highest BCUT2D eigenvalue weighted by Crippen LogP contribution is 2.37. The van der Waals surface area contributed by atoms with Crippen molar-refractivity contribution in [2.24, 2.45) is 0 Å². The third-order valence-electron chi connectivity index (χ3n) is 4.99. The Hall–Kier alpha value is -1.95. The van der Waals surface area contributed by atoms with Gasteiger partial charge in [-0.1, -0.05) is 6.08 Å². The molecule has 1 unspecified atom stereocenters. The van der Waals surface area contributed by atoms with Crippen molar-refractivity contribution in [3.8, 4) is 5.75 Å². The molecule has 1 atom stereocenters.